The molecule has 1 spiro atoms. The van der Waals surface area contributed by atoms with E-state index < -0.39 is 0 Å². The number of benzene rings is 3. The molecule has 1 saturated heterocycles. The monoisotopic (exact) mass is 468 g/mol. The molecule has 1 atom stereocenters. The number of fused-ring (bicyclic) bond motifs is 2. The van der Waals surface area contributed by atoms with Crippen LogP contribution in [0.2, 0.25) is 0 Å². The van der Waals surface area contributed by atoms with Crippen LogP contribution in [0.4, 0.5) is 5.69 Å². The van der Waals surface area contributed by atoms with Gasteiger partial charge in [0.2, 0.25) is 0 Å². The van der Waals surface area contributed by atoms with E-state index in [1.807, 2.05) is 23.9 Å². The lowest BCUT2D eigenvalue weighted by Crippen LogP contribution is -2.53. The van der Waals surface area contributed by atoms with Crippen LogP contribution in [0.3, 0.4) is 0 Å². The Labute approximate surface area is 204 Å². The number of likely N-dealkylation sites (tertiary alicyclic amines) is 1. The molecule has 1 fully saturated rings. The molecule has 34 heavy (non-hydrogen) atoms. The van der Waals surface area contributed by atoms with Gasteiger partial charge in [0, 0.05) is 41.7 Å². The van der Waals surface area contributed by atoms with Gasteiger partial charge in [-0.05, 0) is 55.2 Å². The van der Waals surface area contributed by atoms with E-state index >= 15 is 0 Å². The average Bonchev–Trinajstić information content (AvgIpc) is 2.86. The minimum absolute atomic E-state index is 0.120. The summed E-state index contributed by atoms with van der Waals surface area (Å²) in [6, 6.07) is 27.1. The number of nitrogens with one attached hydrogen (secondary N) is 1. The van der Waals surface area contributed by atoms with Crippen LogP contribution in [0.5, 0.6) is 0 Å². The van der Waals surface area contributed by atoms with Gasteiger partial charge in [-0.2, -0.15) is 0 Å². The molecule has 1 aromatic heterocycles. The highest BCUT2D eigenvalue weighted by molar-refractivity contribution is 7.99. The highest BCUT2D eigenvalue weighted by Gasteiger charge is 2.46. The topological polar surface area (TPSA) is 45.5 Å². The molecular weight excluding hydrogens is 440 g/mol. The van der Waals surface area contributed by atoms with Crippen molar-refractivity contribution in [3.05, 3.63) is 106 Å². The maximum absolute atomic E-state index is 12.6. The molecule has 0 aliphatic carbocycles. The third-order valence-electron chi connectivity index (χ3n) is 7.23. The zero-order chi connectivity index (χ0) is 23.1. The molecule has 0 radical (unpaired) electrons. The Balaban J connectivity index is 1.39. The Hall–Kier alpha value is -3.02. The summed E-state index contributed by atoms with van der Waals surface area (Å²) in [5.74, 6) is 0. The van der Waals surface area contributed by atoms with Crippen molar-refractivity contribution in [2.75, 3.05) is 18.4 Å². The molecule has 0 amide bonds. The highest BCUT2D eigenvalue weighted by atomic mass is 32.2. The van der Waals surface area contributed by atoms with E-state index in [0.717, 1.165) is 43.4 Å². The summed E-state index contributed by atoms with van der Waals surface area (Å²) in [5, 5.41) is 5.13. The fraction of sp³-hybridized carbons (Fsp3) is 0.276. The van der Waals surface area contributed by atoms with Gasteiger partial charge in [0.15, 0.2) is 0 Å². The Bertz CT molecular complexity index is 1390. The fourth-order valence-electron chi connectivity index (χ4n) is 5.46. The predicted octanol–water partition coefficient (Wildman–Crippen LogP) is 6.40. The average molecular weight is 469 g/mol. The van der Waals surface area contributed by atoms with Crippen molar-refractivity contribution in [1.29, 1.82) is 0 Å². The van der Waals surface area contributed by atoms with Crippen molar-refractivity contribution >= 4 is 28.4 Å². The molecule has 1 N–H and O–H groups in total. The number of hydrogen-bond donors (Lipinski definition) is 1. The minimum atomic E-state index is -0.275. The molecular formula is C29H28N2O2S. The first kappa shape index (κ1) is 21.5. The van der Waals surface area contributed by atoms with E-state index in [2.05, 4.69) is 77.8 Å². The maximum atomic E-state index is 12.6. The normalized spacial score (nSPS) is 19.6. The van der Waals surface area contributed by atoms with Crippen LogP contribution in [0.15, 0.2) is 93.0 Å². The van der Waals surface area contributed by atoms with Crippen LogP contribution in [-0.4, -0.2) is 23.5 Å². The van der Waals surface area contributed by atoms with Crippen LogP contribution >= 0.6 is 11.8 Å². The number of nitrogens with zero attached hydrogens (tertiary/aromatic N) is 1. The summed E-state index contributed by atoms with van der Waals surface area (Å²) in [7, 11) is 0. The largest absolute Gasteiger partial charge is 0.423 e. The van der Waals surface area contributed by atoms with Gasteiger partial charge in [-0.3, -0.25) is 4.90 Å². The minimum Gasteiger partial charge on any atom is -0.423 e. The second-order valence-corrected chi connectivity index (χ2v) is 10.7. The molecule has 0 saturated carbocycles. The lowest BCUT2D eigenvalue weighted by molar-refractivity contribution is 0.163. The van der Waals surface area contributed by atoms with Crippen molar-refractivity contribution in [3.63, 3.8) is 0 Å². The Morgan fingerprint density at radius 3 is 2.59 bits per heavy atom. The Morgan fingerprint density at radius 2 is 1.76 bits per heavy atom. The molecule has 172 valence electrons. The molecule has 1 unspecified atom stereocenters. The van der Waals surface area contributed by atoms with Crippen molar-refractivity contribution in [2.24, 2.45) is 0 Å². The van der Waals surface area contributed by atoms with E-state index in [-0.39, 0.29) is 16.4 Å². The molecule has 2 aliphatic heterocycles. The van der Waals surface area contributed by atoms with Crippen molar-refractivity contribution in [1.82, 2.24) is 4.90 Å². The summed E-state index contributed by atoms with van der Waals surface area (Å²) >= 11 is 1.89. The van der Waals surface area contributed by atoms with Gasteiger partial charge in [-0.15, -0.1) is 11.8 Å². The van der Waals surface area contributed by atoms with Gasteiger partial charge >= 0.3 is 5.63 Å². The van der Waals surface area contributed by atoms with Gasteiger partial charge in [0.1, 0.15) is 5.58 Å². The number of hydrogen-bond acceptors (Lipinski definition) is 5. The lowest BCUT2D eigenvalue weighted by atomic mass is 9.79. The van der Waals surface area contributed by atoms with Gasteiger partial charge in [0.25, 0.3) is 0 Å². The van der Waals surface area contributed by atoms with Crippen LogP contribution in [0, 0.1) is 6.92 Å². The number of aryl methyl sites for hydroxylation is 1. The summed E-state index contributed by atoms with van der Waals surface area (Å²) < 4.78 is 5.58. The molecule has 5 heteroatoms. The predicted molar refractivity (Wildman–Crippen MR) is 140 cm³/mol. The van der Waals surface area contributed by atoms with Crippen molar-refractivity contribution in [3.8, 4) is 0 Å². The fourth-order valence-corrected chi connectivity index (χ4v) is 6.96. The zero-order valence-corrected chi connectivity index (χ0v) is 20.1. The lowest BCUT2D eigenvalue weighted by Gasteiger charge is -2.50. The van der Waals surface area contributed by atoms with Crippen LogP contribution < -0.4 is 10.9 Å². The number of thioether (sulfide) groups is 1. The SMILES string of the molecule is Cc1ccc2oc(=O)cc(C3Sc4ccccc4NC34CCN(Cc3ccccc3)CC4)c2c1. The summed E-state index contributed by atoms with van der Waals surface area (Å²) in [6.45, 7) is 5.09. The first-order chi connectivity index (χ1) is 16.6. The molecule has 3 aromatic carbocycles. The summed E-state index contributed by atoms with van der Waals surface area (Å²) in [6.07, 6.45) is 2.03. The number of anilines is 1. The molecule has 2 aliphatic rings. The molecule has 0 bridgehead atoms. The molecule has 6 rings (SSSR count). The quantitative estimate of drug-likeness (QED) is 0.353. The second-order valence-electron chi connectivity index (χ2n) is 9.56. The first-order valence-electron chi connectivity index (χ1n) is 11.9. The van der Waals surface area contributed by atoms with Crippen LogP contribution in [-0.2, 0) is 6.54 Å². The van der Waals surface area contributed by atoms with E-state index in [4.69, 9.17) is 4.42 Å². The Kier molecular flexibility index (Phi) is 5.47. The first-order valence-corrected chi connectivity index (χ1v) is 12.8. The molecule has 4 nitrogen and oxygen atoms in total. The van der Waals surface area contributed by atoms with Crippen molar-refractivity contribution < 1.29 is 4.42 Å². The standard InChI is InChI=1S/C29H28N2O2S/c1-20-11-12-25-22(17-20)23(18-27(32)33-25)28-29(30-24-9-5-6-10-26(24)34-28)13-15-31(16-14-29)19-21-7-3-2-4-8-21/h2-12,17-18,28,30H,13-16,19H2,1H3. The van der Waals surface area contributed by atoms with Crippen LogP contribution in [0.1, 0.15) is 34.8 Å². The summed E-state index contributed by atoms with van der Waals surface area (Å²) in [5.41, 5.74) is 5.07. The number of piperidine rings is 1. The van der Waals surface area contributed by atoms with E-state index in [1.54, 1.807) is 6.07 Å². The second kappa shape index (κ2) is 8.64. The highest BCUT2D eigenvalue weighted by Crippen LogP contribution is 2.55. The number of para-hydroxylation sites is 1. The summed E-state index contributed by atoms with van der Waals surface area (Å²) in [4.78, 5) is 16.4. The third kappa shape index (κ3) is 3.93. The smallest absolute Gasteiger partial charge is 0.336 e. The van der Waals surface area contributed by atoms with E-state index in [9.17, 15) is 4.79 Å². The van der Waals surface area contributed by atoms with Gasteiger partial charge in [-0.25, -0.2) is 4.79 Å². The Morgan fingerprint density at radius 1 is 1.00 bits per heavy atom. The van der Waals surface area contributed by atoms with E-state index in [1.165, 1.54) is 21.7 Å². The third-order valence-corrected chi connectivity index (χ3v) is 8.78. The molecule has 3 heterocycles. The maximum Gasteiger partial charge on any atom is 0.336 e. The number of rotatable bonds is 3. The van der Waals surface area contributed by atoms with Gasteiger partial charge < -0.3 is 9.73 Å². The van der Waals surface area contributed by atoms with Crippen LogP contribution in [0.25, 0.3) is 11.0 Å². The molecule has 4 aromatic rings. The van der Waals surface area contributed by atoms with Crippen molar-refractivity contribution in [2.45, 2.75) is 42.0 Å². The van der Waals surface area contributed by atoms with Gasteiger partial charge in [-0.1, -0.05) is 54.1 Å². The zero-order valence-electron chi connectivity index (χ0n) is 19.3. The van der Waals surface area contributed by atoms with Gasteiger partial charge in [0.05, 0.1) is 10.8 Å². The van der Waals surface area contributed by atoms with E-state index in [0.29, 0.717) is 5.58 Å².